The fourth-order valence-corrected chi connectivity index (χ4v) is 3.54. The second kappa shape index (κ2) is 7.34. The van der Waals surface area contributed by atoms with Crippen LogP contribution in [0, 0.1) is 0 Å². The second-order valence-electron chi connectivity index (χ2n) is 5.00. The number of carboxylic acid groups (broad SMARTS) is 1. The van der Waals surface area contributed by atoms with Gasteiger partial charge in [-0.05, 0) is 27.2 Å². The third-order valence-corrected chi connectivity index (χ3v) is 5.48. The van der Waals surface area contributed by atoms with Crippen LogP contribution in [0.4, 0.5) is 0 Å². The van der Waals surface area contributed by atoms with Crippen LogP contribution in [0.5, 0.6) is 0 Å². The summed E-state index contributed by atoms with van der Waals surface area (Å²) in [5.74, 6) is -1.53. The number of sulfonamides is 2. The van der Waals surface area contributed by atoms with Crippen LogP contribution in [0.2, 0.25) is 0 Å². The Morgan fingerprint density at radius 1 is 1.15 bits per heavy atom. The van der Waals surface area contributed by atoms with E-state index in [4.69, 9.17) is 5.11 Å². The van der Waals surface area contributed by atoms with Gasteiger partial charge in [-0.1, -0.05) is 0 Å². The van der Waals surface area contributed by atoms with E-state index in [9.17, 15) is 21.6 Å². The summed E-state index contributed by atoms with van der Waals surface area (Å²) in [5.41, 5.74) is -0.902. The number of carboxylic acids is 1. The van der Waals surface area contributed by atoms with E-state index in [0.717, 1.165) is 0 Å². The first-order valence-corrected chi connectivity index (χ1v) is 9.40. The fraction of sp³-hybridized carbons (Fsp3) is 0.900. The largest absolute Gasteiger partial charge is 0.481 e. The van der Waals surface area contributed by atoms with Gasteiger partial charge in [0, 0.05) is 18.5 Å². The average Bonchev–Trinajstić information content (AvgIpc) is 2.24. The number of nitrogens with one attached hydrogen (secondary N) is 2. The Morgan fingerprint density at radius 2 is 1.70 bits per heavy atom. The molecule has 0 bridgehead atoms. The minimum absolute atomic E-state index is 0.120. The van der Waals surface area contributed by atoms with Crippen molar-refractivity contribution in [3.05, 3.63) is 0 Å². The summed E-state index contributed by atoms with van der Waals surface area (Å²) >= 11 is 0. The van der Waals surface area contributed by atoms with Crippen molar-refractivity contribution in [1.82, 2.24) is 9.44 Å². The Hall–Kier alpha value is -0.710. The van der Waals surface area contributed by atoms with E-state index in [1.54, 1.807) is 13.8 Å². The van der Waals surface area contributed by atoms with Gasteiger partial charge < -0.3 is 5.11 Å². The Bertz CT molecular complexity index is 524. The number of hydrogen-bond donors (Lipinski definition) is 3. The van der Waals surface area contributed by atoms with Gasteiger partial charge in [0.15, 0.2) is 0 Å². The van der Waals surface area contributed by atoms with Gasteiger partial charge in [0.05, 0.1) is 11.5 Å². The van der Waals surface area contributed by atoms with E-state index < -0.39 is 37.3 Å². The SMILES string of the molecule is CCS(=O)(=O)NCCS(=O)(=O)NC(C)(C)CCC(=O)O. The van der Waals surface area contributed by atoms with E-state index in [1.807, 2.05) is 0 Å². The molecule has 0 aromatic rings. The van der Waals surface area contributed by atoms with Crippen LogP contribution in [0.25, 0.3) is 0 Å². The highest BCUT2D eigenvalue weighted by molar-refractivity contribution is 7.90. The molecule has 0 fully saturated rings. The van der Waals surface area contributed by atoms with Gasteiger partial charge in [0.2, 0.25) is 20.0 Å². The maximum Gasteiger partial charge on any atom is 0.303 e. The van der Waals surface area contributed by atoms with Crippen LogP contribution in [0.3, 0.4) is 0 Å². The molecule has 0 saturated heterocycles. The molecule has 0 unspecified atom stereocenters. The van der Waals surface area contributed by atoms with Gasteiger partial charge in [-0.25, -0.2) is 26.3 Å². The van der Waals surface area contributed by atoms with Crippen molar-refractivity contribution in [2.45, 2.75) is 39.2 Å². The molecule has 0 aromatic heterocycles. The molecule has 120 valence electrons. The molecule has 0 rings (SSSR count). The molecule has 0 spiro atoms. The number of aliphatic carboxylic acids is 1. The van der Waals surface area contributed by atoms with Gasteiger partial charge in [-0.2, -0.15) is 0 Å². The molecule has 10 heteroatoms. The van der Waals surface area contributed by atoms with E-state index in [1.165, 1.54) is 6.92 Å². The average molecular weight is 330 g/mol. The normalized spacial score (nSPS) is 13.3. The molecule has 0 radical (unpaired) electrons. The van der Waals surface area contributed by atoms with Crippen molar-refractivity contribution in [1.29, 1.82) is 0 Å². The van der Waals surface area contributed by atoms with Crippen LogP contribution in [-0.2, 0) is 24.8 Å². The summed E-state index contributed by atoms with van der Waals surface area (Å²) in [4.78, 5) is 10.5. The van der Waals surface area contributed by atoms with Gasteiger partial charge in [0.25, 0.3) is 0 Å². The van der Waals surface area contributed by atoms with Crippen molar-refractivity contribution in [2.75, 3.05) is 18.1 Å². The van der Waals surface area contributed by atoms with Gasteiger partial charge in [-0.3, -0.25) is 4.79 Å². The molecule has 0 heterocycles. The van der Waals surface area contributed by atoms with Gasteiger partial charge >= 0.3 is 5.97 Å². The van der Waals surface area contributed by atoms with Crippen molar-refractivity contribution in [2.24, 2.45) is 0 Å². The fourth-order valence-electron chi connectivity index (χ4n) is 1.38. The molecule has 8 nitrogen and oxygen atoms in total. The lowest BCUT2D eigenvalue weighted by Crippen LogP contribution is -2.46. The van der Waals surface area contributed by atoms with Crippen molar-refractivity contribution in [3.63, 3.8) is 0 Å². The Balaban J connectivity index is 4.41. The lowest BCUT2D eigenvalue weighted by atomic mass is 10.0. The van der Waals surface area contributed by atoms with Crippen LogP contribution >= 0.6 is 0 Å². The lowest BCUT2D eigenvalue weighted by molar-refractivity contribution is -0.137. The zero-order valence-electron chi connectivity index (χ0n) is 11.8. The highest BCUT2D eigenvalue weighted by Crippen LogP contribution is 2.12. The molecule has 0 aromatic carbocycles. The number of carbonyl (C=O) groups is 1. The summed E-state index contributed by atoms with van der Waals surface area (Å²) in [5, 5.41) is 8.58. The molecule has 0 saturated carbocycles. The molecule has 0 aliphatic heterocycles. The van der Waals surface area contributed by atoms with Gasteiger partial charge in [-0.15, -0.1) is 0 Å². The van der Waals surface area contributed by atoms with Crippen LogP contribution in [0.1, 0.15) is 33.6 Å². The predicted octanol–water partition coefficient (Wildman–Crippen LogP) is -0.511. The van der Waals surface area contributed by atoms with Crippen LogP contribution in [-0.4, -0.2) is 51.5 Å². The summed E-state index contributed by atoms with van der Waals surface area (Å²) in [7, 11) is -7.11. The Labute approximate surface area is 120 Å². The van der Waals surface area contributed by atoms with Crippen molar-refractivity contribution < 1.29 is 26.7 Å². The maximum atomic E-state index is 11.8. The minimum Gasteiger partial charge on any atom is -0.481 e. The highest BCUT2D eigenvalue weighted by atomic mass is 32.2. The molecule has 0 aliphatic rings. The molecular formula is C10H22N2O6S2. The monoisotopic (exact) mass is 330 g/mol. The number of hydrogen-bond acceptors (Lipinski definition) is 5. The number of rotatable bonds is 10. The van der Waals surface area contributed by atoms with E-state index in [-0.39, 0.29) is 25.1 Å². The maximum absolute atomic E-state index is 11.8. The standard InChI is InChI=1S/C10H22N2O6S2/c1-4-19(15,16)11-7-8-20(17,18)12-10(2,3)6-5-9(13)14/h11-12H,4-8H2,1-3H3,(H,13,14). The molecule has 20 heavy (non-hydrogen) atoms. The molecule has 0 amide bonds. The Kier molecular flexibility index (Phi) is 7.08. The van der Waals surface area contributed by atoms with Crippen LogP contribution in [0.15, 0.2) is 0 Å². The molecular weight excluding hydrogens is 308 g/mol. The quantitative estimate of drug-likeness (QED) is 0.494. The first-order valence-electron chi connectivity index (χ1n) is 6.10. The van der Waals surface area contributed by atoms with Gasteiger partial charge in [0.1, 0.15) is 0 Å². The van der Waals surface area contributed by atoms with E-state index in [0.29, 0.717) is 0 Å². The summed E-state index contributed by atoms with van der Waals surface area (Å²) < 4.78 is 50.4. The molecule has 0 atom stereocenters. The summed E-state index contributed by atoms with van der Waals surface area (Å²) in [6, 6.07) is 0. The van der Waals surface area contributed by atoms with E-state index in [2.05, 4.69) is 9.44 Å². The second-order valence-corrected chi connectivity index (χ2v) is 8.93. The zero-order chi connectivity index (χ0) is 16.0. The summed E-state index contributed by atoms with van der Waals surface area (Å²) in [6.45, 7) is 4.37. The molecule has 0 aliphatic carbocycles. The Morgan fingerprint density at radius 3 is 2.15 bits per heavy atom. The van der Waals surface area contributed by atoms with Crippen LogP contribution < -0.4 is 9.44 Å². The first kappa shape index (κ1) is 19.3. The van der Waals surface area contributed by atoms with E-state index >= 15 is 0 Å². The third-order valence-electron chi connectivity index (χ3n) is 2.47. The smallest absolute Gasteiger partial charge is 0.303 e. The zero-order valence-corrected chi connectivity index (χ0v) is 13.5. The molecule has 3 N–H and O–H groups in total. The van der Waals surface area contributed by atoms with Crippen molar-refractivity contribution >= 4 is 26.0 Å². The predicted molar refractivity (Wildman–Crippen MR) is 75.3 cm³/mol. The first-order chi connectivity index (χ1) is 8.89. The topological polar surface area (TPSA) is 130 Å². The summed E-state index contributed by atoms with van der Waals surface area (Å²) in [6.07, 6.45) is -0.0137. The minimum atomic E-state index is -3.69. The highest BCUT2D eigenvalue weighted by Gasteiger charge is 2.25. The van der Waals surface area contributed by atoms with Crippen molar-refractivity contribution in [3.8, 4) is 0 Å². The lowest BCUT2D eigenvalue weighted by Gasteiger charge is -2.25. The third kappa shape index (κ3) is 9.23.